The molecule has 0 aliphatic carbocycles. The van der Waals surface area contributed by atoms with Gasteiger partial charge in [0.05, 0.1) is 4.47 Å². The maximum atomic E-state index is 12.9. The van der Waals surface area contributed by atoms with Crippen molar-refractivity contribution in [3.05, 3.63) is 28.0 Å². The van der Waals surface area contributed by atoms with Crippen LogP contribution in [0.2, 0.25) is 0 Å². The van der Waals surface area contributed by atoms with Gasteiger partial charge in [0.1, 0.15) is 6.04 Å². The van der Waals surface area contributed by atoms with Gasteiger partial charge in [-0.1, -0.05) is 0 Å². The zero-order valence-corrected chi connectivity index (χ0v) is 8.45. The van der Waals surface area contributed by atoms with E-state index >= 15 is 0 Å². The first-order valence-corrected chi connectivity index (χ1v) is 4.39. The van der Waals surface area contributed by atoms with E-state index in [2.05, 4.69) is 15.9 Å². The van der Waals surface area contributed by atoms with Gasteiger partial charge in [0.15, 0.2) is 11.6 Å². The van der Waals surface area contributed by atoms with Crippen LogP contribution in [0.5, 0.6) is 5.75 Å². The molecule has 1 atom stereocenters. The summed E-state index contributed by atoms with van der Waals surface area (Å²) < 4.78 is 12.9. The summed E-state index contributed by atoms with van der Waals surface area (Å²) in [5.74, 6) is -2.72. The number of hydrogen-bond acceptors (Lipinski definition) is 3. The molecule has 14 heavy (non-hydrogen) atoms. The highest BCUT2D eigenvalue weighted by atomic mass is 79.9. The summed E-state index contributed by atoms with van der Waals surface area (Å²) in [4.78, 5) is 10.5. The SMILES string of the molecule is NC(C(=O)O)c1cc(O)c(F)c(Br)c1. The van der Waals surface area contributed by atoms with Crippen LogP contribution in [0.3, 0.4) is 0 Å². The third-order valence-electron chi connectivity index (χ3n) is 1.66. The van der Waals surface area contributed by atoms with Crippen LogP contribution >= 0.6 is 15.9 Å². The molecule has 0 aliphatic rings. The van der Waals surface area contributed by atoms with E-state index in [-0.39, 0.29) is 10.0 Å². The largest absolute Gasteiger partial charge is 0.505 e. The first-order valence-electron chi connectivity index (χ1n) is 3.59. The van der Waals surface area contributed by atoms with Crippen molar-refractivity contribution in [2.75, 3.05) is 0 Å². The number of phenols is 1. The van der Waals surface area contributed by atoms with Gasteiger partial charge in [-0.3, -0.25) is 4.79 Å². The third-order valence-corrected chi connectivity index (χ3v) is 2.23. The van der Waals surface area contributed by atoms with Crippen LogP contribution in [-0.2, 0) is 4.79 Å². The number of carboxylic acids is 1. The molecule has 0 heterocycles. The lowest BCUT2D eigenvalue weighted by atomic mass is 10.1. The topological polar surface area (TPSA) is 83.6 Å². The minimum Gasteiger partial charge on any atom is -0.505 e. The molecule has 1 aromatic rings. The molecule has 1 rings (SSSR count). The van der Waals surface area contributed by atoms with Crippen LogP contribution in [0.25, 0.3) is 0 Å². The molecule has 4 N–H and O–H groups in total. The van der Waals surface area contributed by atoms with E-state index in [9.17, 15) is 9.18 Å². The van der Waals surface area contributed by atoms with E-state index in [0.29, 0.717) is 0 Å². The average molecular weight is 264 g/mol. The van der Waals surface area contributed by atoms with Crippen molar-refractivity contribution >= 4 is 21.9 Å². The smallest absolute Gasteiger partial charge is 0.325 e. The zero-order chi connectivity index (χ0) is 10.9. The van der Waals surface area contributed by atoms with Crippen molar-refractivity contribution in [1.82, 2.24) is 0 Å². The van der Waals surface area contributed by atoms with Gasteiger partial charge in [-0.25, -0.2) is 4.39 Å². The van der Waals surface area contributed by atoms with E-state index in [4.69, 9.17) is 15.9 Å². The molecule has 1 unspecified atom stereocenters. The van der Waals surface area contributed by atoms with Crippen molar-refractivity contribution in [2.45, 2.75) is 6.04 Å². The number of carbonyl (C=O) groups is 1. The molecule has 0 aromatic heterocycles. The van der Waals surface area contributed by atoms with Crippen LogP contribution in [0.15, 0.2) is 16.6 Å². The second-order valence-corrected chi connectivity index (χ2v) is 3.51. The standard InChI is InChI=1S/C8H7BrFNO3/c9-4-1-3(7(11)8(13)14)2-5(12)6(4)10/h1-2,7,12H,11H2,(H,13,14). The second-order valence-electron chi connectivity index (χ2n) is 2.65. The Bertz CT molecular complexity index is 360. The van der Waals surface area contributed by atoms with Crippen LogP contribution < -0.4 is 5.73 Å². The number of rotatable bonds is 2. The first-order chi connectivity index (χ1) is 6.43. The third kappa shape index (κ3) is 2.02. The Labute approximate surface area is 87.3 Å². The summed E-state index contributed by atoms with van der Waals surface area (Å²) >= 11 is 2.83. The molecule has 0 radical (unpaired) electrons. The normalized spacial score (nSPS) is 12.5. The van der Waals surface area contributed by atoms with E-state index in [1.807, 2.05) is 0 Å². The van der Waals surface area contributed by atoms with Crippen LogP contribution in [-0.4, -0.2) is 16.2 Å². The fourth-order valence-electron chi connectivity index (χ4n) is 0.917. The molecule has 6 heteroatoms. The summed E-state index contributed by atoms with van der Waals surface area (Å²) in [5.41, 5.74) is 5.40. The number of carboxylic acid groups (broad SMARTS) is 1. The molecule has 4 nitrogen and oxygen atoms in total. The lowest BCUT2D eigenvalue weighted by molar-refractivity contribution is -0.138. The molecule has 1 aromatic carbocycles. The maximum Gasteiger partial charge on any atom is 0.325 e. The van der Waals surface area contributed by atoms with Gasteiger partial charge >= 0.3 is 5.97 Å². The molecule has 0 saturated carbocycles. The van der Waals surface area contributed by atoms with Crippen molar-refractivity contribution in [3.8, 4) is 5.75 Å². The van der Waals surface area contributed by atoms with Gasteiger partial charge in [-0.2, -0.15) is 0 Å². The molecule has 0 bridgehead atoms. The number of phenolic OH excluding ortho intramolecular Hbond substituents is 1. The Balaban J connectivity index is 3.19. The van der Waals surface area contributed by atoms with Gasteiger partial charge < -0.3 is 15.9 Å². The summed E-state index contributed by atoms with van der Waals surface area (Å²) in [6, 6.07) is 0.921. The quantitative estimate of drug-likeness (QED) is 0.753. The van der Waals surface area contributed by atoms with Gasteiger partial charge in [-0.05, 0) is 33.6 Å². The van der Waals surface area contributed by atoms with Crippen LogP contribution in [0.4, 0.5) is 4.39 Å². The molecule has 0 amide bonds. The Morgan fingerprint density at radius 2 is 2.14 bits per heavy atom. The van der Waals surface area contributed by atoms with Crippen molar-refractivity contribution in [3.63, 3.8) is 0 Å². The Hall–Kier alpha value is -1.14. The number of aliphatic carboxylic acids is 1. The molecule has 0 saturated heterocycles. The van der Waals surface area contributed by atoms with Gasteiger partial charge in [0, 0.05) is 0 Å². The fourth-order valence-corrected chi connectivity index (χ4v) is 1.38. The van der Waals surface area contributed by atoms with E-state index < -0.39 is 23.6 Å². The number of nitrogens with two attached hydrogens (primary N) is 1. The second kappa shape index (κ2) is 3.93. The predicted molar refractivity (Wildman–Crippen MR) is 50.3 cm³/mol. The lowest BCUT2D eigenvalue weighted by Crippen LogP contribution is -2.20. The Kier molecular flexibility index (Phi) is 3.07. The summed E-state index contributed by atoms with van der Waals surface area (Å²) in [5, 5.41) is 17.6. The predicted octanol–water partition coefficient (Wildman–Crippen LogP) is 1.38. The number of hydrogen-bond donors (Lipinski definition) is 3. The van der Waals surface area contributed by atoms with E-state index in [0.717, 1.165) is 6.07 Å². The fraction of sp³-hybridized carbons (Fsp3) is 0.125. The van der Waals surface area contributed by atoms with Crippen LogP contribution in [0, 0.1) is 5.82 Å². The zero-order valence-electron chi connectivity index (χ0n) is 6.87. The minimum atomic E-state index is -1.28. The highest BCUT2D eigenvalue weighted by molar-refractivity contribution is 9.10. The molecule has 0 fully saturated rings. The average Bonchev–Trinajstić information content (AvgIpc) is 2.12. The minimum absolute atomic E-state index is 0.0239. The molecular formula is C8H7BrFNO3. The highest BCUT2D eigenvalue weighted by Gasteiger charge is 2.17. The maximum absolute atomic E-state index is 12.9. The number of benzene rings is 1. The van der Waals surface area contributed by atoms with Gasteiger partial charge in [0.25, 0.3) is 0 Å². The van der Waals surface area contributed by atoms with E-state index in [1.165, 1.54) is 6.07 Å². The molecule has 0 spiro atoms. The Morgan fingerprint density at radius 1 is 1.57 bits per heavy atom. The van der Waals surface area contributed by atoms with Crippen molar-refractivity contribution in [1.29, 1.82) is 0 Å². The van der Waals surface area contributed by atoms with Crippen LogP contribution in [0.1, 0.15) is 11.6 Å². The van der Waals surface area contributed by atoms with Crippen molar-refractivity contribution < 1.29 is 19.4 Å². The number of aromatic hydroxyl groups is 1. The van der Waals surface area contributed by atoms with E-state index in [1.54, 1.807) is 0 Å². The van der Waals surface area contributed by atoms with Gasteiger partial charge in [-0.15, -0.1) is 0 Å². The lowest BCUT2D eigenvalue weighted by Gasteiger charge is -2.08. The summed E-state index contributed by atoms with van der Waals surface area (Å²) in [7, 11) is 0. The van der Waals surface area contributed by atoms with Gasteiger partial charge in [0.2, 0.25) is 0 Å². The molecule has 76 valence electrons. The Morgan fingerprint density at radius 3 is 2.57 bits per heavy atom. The first kappa shape index (κ1) is 10.9. The van der Waals surface area contributed by atoms with Crippen molar-refractivity contribution in [2.24, 2.45) is 5.73 Å². The molecular weight excluding hydrogens is 257 g/mol. The summed E-state index contributed by atoms with van der Waals surface area (Å²) in [6.45, 7) is 0. The number of halogens is 2. The molecule has 0 aliphatic heterocycles. The highest BCUT2D eigenvalue weighted by Crippen LogP contribution is 2.28. The monoisotopic (exact) mass is 263 g/mol. The summed E-state index contributed by atoms with van der Waals surface area (Å²) in [6.07, 6.45) is 0.